The molecule has 34 heavy (non-hydrogen) atoms. The predicted octanol–water partition coefficient (Wildman–Crippen LogP) is 5.39. The second-order valence-electron chi connectivity index (χ2n) is 9.42. The number of carbonyl (C=O) groups excluding carboxylic acids is 1. The van der Waals surface area contributed by atoms with Crippen molar-refractivity contribution in [2.45, 2.75) is 23.2 Å². The Labute approximate surface area is 204 Å². The van der Waals surface area contributed by atoms with E-state index in [0.29, 0.717) is 0 Å². The van der Waals surface area contributed by atoms with Crippen LogP contribution in [-0.2, 0) is 10.2 Å². The van der Waals surface area contributed by atoms with Crippen LogP contribution in [0.4, 0.5) is 8.78 Å². The first-order valence-corrected chi connectivity index (χ1v) is 12.7. The van der Waals surface area contributed by atoms with Gasteiger partial charge in [0.05, 0.1) is 26.7 Å². The zero-order chi connectivity index (χ0) is 24.2. The zero-order valence-electron chi connectivity index (χ0n) is 19.4. The van der Waals surface area contributed by atoms with Crippen LogP contribution in [-0.4, -0.2) is 42.8 Å². The third kappa shape index (κ3) is 4.89. The lowest BCUT2D eigenvalue weighted by Gasteiger charge is -2.38. The van der Waals surface area contributed by atoms with E-state index in [2.05, 4.69) is 7.05 Å². The van der Waals surface area contributed by atoms with Crippen molar-refractivity contribution in [1.82, 2.24) is 0 Å². The van der Waals surface area contributed by atoms with E-state index in [1.807, 2.05) is 60.7 Å². The first kappa shape index (κ1) is 24.4. The van der Waals surface area contributed by atoms with Gasteiger partial charge in [-0.15, -0.1) is 11.8 Å². The highest BCUT2D eigenvalue weighted by atomic mass is 32.2. The van der Waals surface area contributed by atoms with Gasteiger partial charge in [-0.2, -0.15) is 0 Å². The molecule has 1 aliphatic heterocycles. The summed E-state index contributed by atoms with van der Waals surface area (Å²) in [6, 6.07) is 23.9. The summed E-state index contributed by atoms with van der Waals surface area (Å²) in [5, 5.41) is 0. The maximum absolute atomic E-state index is 13.5. The highest BCUT2D eigenvalue weighted by Crippen LogP contribution is 2.45. The molecule has 2 N–H and O–H groups in total. The van der Waals surface area contributed by atoms with Crippen LogP contribution in [0.25, 0.3) is 0 Å². The van der Waals surface area contributed by atoms with Gasteiger partial charge in [0.2, 0.25) is 5.91 Å². The van der Waals surface area contributed by atoms with Crippen molar-refractivity contribution in [3.63, 3.8) is 0 Å². The number of nitrogens with zero attached hydrogens (tertiary/aromatic N) is 1. The molecule has 1 unspecified atom stereocenters. The molecule has 3 aromatic rings. The highest BCUT2D eigenvalue weighted by molar-refractivity contribution is 7.99. The number of halogens is 2. The largest absolute Gasteiger partial charge is 0.369 e. The fraction of sp³-hybridized carbons (Fsp3) is 0.321. The van der Waals surface area contributed by atoms with Crippen molar-refractivity contribution in [3.8, 4) is 0 Å². The van der Waals surface area contributed by atoms with E-state index in [1.165, 1.54) is 23.9 Å². The maximum atomic E-state index is 13.5. The molecule has 1 amide bonds. The normalized spacial score (nSPS) is 20.4. The van der Waals surface area contributed by atoms with Gasteiger partial charge >= 0.3 is 0 Å². The molecule has 1 saturated heterocycles. The summed E-state index contributed by atoms with van der Waals surface area (Å²) in [6.07, 6.45) is 1.84. The first-order chi connectivity index (χ1) is 16.3. The number of rotatable bonds is 9. The molecule has 3 aromatic carbocycles. The molecule has 1 aliphatic rings. The Kier molecular flexibility index (Phi) is 7.39. The molecule has 0 bridgehead atoms. The summed E-state index contributed by atoms with van der Waals surface area (Å²) in [7, 11) is 2.24. The summed E-state index contributed by atoms with van der Waals surface area (Å²) in [6.45, 7) is 2.77. The smallest absolute Gasteiger partial charge is 0.233 e. The standard InChI is InChI=1S/C28H30F2N2OS/c1-32(16-8-18-34-24-13-14-25(29)26(30)19-24)17-15-23(20-32)28(27(31)33,21-9-4-2-5-10-21)22-11-6-3-7-12-22/h2-7,9-14,19,23H,8,15-18,20H2,1H3,(H-,31,33)/p+1/t23?,32-/m1/s1. The van der Waals surface area contributed by atoms with E-state index >= 15 is 0 Å². The van der Waals surface area contributed by atoms with Gasteiger partial charge in [-0.1, -0.05) is 60.7 Å². The SMILES string of the molecule is C[N@@+]1(CCCSc2ccc(F)c(F)c2)CCC(C(C(N)=O)(c2ccccc2)c2ccccc2)C1. The predicted molar refractivity (Wildman–Crippen MR) is 133 cm³/mol. The summed E-state index contributed by atoms with van der Waals surface area (Å²) in [5.41, 5.74) is 7.22. The second-order valence-corrected chi connectivity index (χ2v) is 10.6. The fourth-order valence-electron chi connectivity index (χ4n) is 5.47. The molecular weight excluding hydrogens is 450 g/mol. The summed E-state index contributed by atoms with van der Waals surface area (Å²) < 4.78 is 27.5. The Morgan fingerprint density at radius 3 is 2.18 bits per heavy atom. The average Bonchev–Trinajstić information content (AvgIpc) is 3.23. The molecule has 0 aromatic heterocycles. The van der Waals surface area contributed by atoms with E-state index in [9.17, 15) is 13.6 Å². The van der Waals surface area contributed by atoms with Gasteiger partial charge < -0.3 is 10.2 Å². The van der Waals surface area contributed by atoms with Crippen LogP contribution in [0.3, 0.4) is 0 Å². The van der Waals surface area contributed by atoms with Crippen LogP contribution < -0.4 is 5.73 Å². The van der Waals surface area contributed by atoms with Crippen LogP contribution in [0.2, 0.25) is 0 Å². The maximum Gasteiger partial charge on any atom is 0.233 e. The van der Waals surface area contributed by atoms with Crippen LogP contribution in [0.5, 0.6) is 0 Å². The number of nitrogens with two attached hydrogens (primary N) is 1. The number of hydrogen-bond acceptors (Lipinski definition) is 2. The topological polar surface area (TPSA) is 43.1 Å². The molecule has 0 saturated carbocycles. The number of thioether (sulfide) groups is 1. The van der Waals surface area contributed by atoms with Crippen molar-refractivity contribution in [3.05, 3.63) is 102 Å². The molecule has 4 rings (SSSR count). The lowest BCUT2D eigenvalue weighted by molar-refractivity contribution is -0.899. The minimum atomic E-state index is -0.876. The van der Waals surface area contributed by atoms with E-state index in [0.717, 1.165) is 58.7 Å². The molecule has 178 valence electrons. The van der Waals surface area contributed by atoms with Gasteiger partial charge in [0, 0.05) is 29.4 Å². The molecule has 1 heterocycles. The minimum Gasteiger partial charge on any atom is -0.369 e. The first-order valence-electron chi connectivity index (χ1n) is 11.7. The molecule has 2 atom stereocenters. The summed E-state index contributed by atoms with van der Waals surface area (Å²) in [4.78, 5) is 14.0. The quantitative estimate of drug-likeness (QED) is 0.253. The van der Waals surface area contributed by atoms with Gasteiger partial charge in [-0.3, -0.25) is 4.79 Å². The van der Waals surface area contributed by atoms with Gasteiger partial charge in [0.25, 0.3) is 0 Å². The van der Waals surface area contributed by atoms with E-state index in [4.69, 9.17) is 5.73 Å². The Morgan fingerprint density at radius 2 is 1.62 bits per heavy atom. The number of primary amides is 1. The molecular formula is C28H31F2N2OS+. The van der Waals surface area contributed by atoms with Crippen molar-refractivity contribution in [2.75, 3.05) is 32.4 Å². The molecule has 6 heteroatoms. The lowest BCUT2D eigenvalue weighted by Crippen LogP contribution is -2.51. The molecule has 0 aliphatic carbocycles. The third-order valence-electron chi connectivity index (χ3n) is 7.14. The number of benzene rings is 3. The van der Waals surface area contributed by atoms with Gasteiger partial charge in [-0.25, -0.2) is 8.78 Å². The monoisotopic (exact) mass is 481 g/mol. The summed E-state index contributed by atoms with van der Waals surface area (Å²) >= 11 is 1.54. The fourth-order valence-corrected chi connectivity index (χ4v) is 6.33. The molecule has 0 radical (unpaired) electrons. The highest BCUT2D eigenvalue weighted by Gasteiger charge is 2.53. The Bertz CT molecular complexity index is 1090. The summed E-state index contributed by atoms with van der Waals surface area (Å²) in [5.74, 6) is -1.03. The van der Waals surface area contributed by atoms with Crippen LogP contribution in [0.15, 0.2) is 83.8 Å². The van der Waals surface area contributed by atoms with Crippen LogP contribution >= 0.6 is 11.8 Å². The Balaban J connectivity index is 1.50. The Hall–Kier alpha value is -2.70. The van der Waals surface area contributed by atoms with E-state index < -0.39 is 17.0 Å². The van der Waals surface area contributed by atoms with Crippen molar-refractivity contribution < 1.29 is 18.1 Å². The number of amides is 1. The number of hydrogen-bond donors (Lipinski definition) is 1. The number of carbonyl (C=O) groups is 1. The molecule has 1 fully saturated rings. The van der Waals surface area contributed by atoms with Crippen LogP contribution in [0.1, 0.15) is 24.0 Å². The second kappa shape index (κ2) is 10.3. The van der Waals surface area contributed by atoms with Crippen LogP contribution in [0, 0.1) is 17.6 Å². The number of likely N-dealkylation sites (tertiary alicyclic amines) is 1. The van der Waals surface area contributed by atoms with E-state index in [-0.39, 0.29) is 11.8 Å². The zero-order valence-corrected chi connectivity index (χ0v) is 20.2. The van der Waals surface area contributed by atoms with Gasteiger partial charge in [0.15, 0.2) is 11.6 Å². The van der Waals surface area contributed by atoms with Gasteiger partial charge in [0.1, 0.15) is 5.41 Å². The minimum absolute atomic E-state index is 0.0821. The molecule has 3 nitrogen and oxygen atoms in total. The molecule has 0 spiro atoms. The van der Waals surface area contributed by atoms with Crippen molar-refractivity contribution in [2.24, 2.45) is 11.7 Å². The van der Waals surface area contributed by atoms with Crippen molar-refractivity contribution >= 4 is 17.7 Å². The number of quaternary nitrogens is 1. The third-order valence-corrected chi connectivity index (χ3v) is 8.22. The Morgan fingerprint density at radius 1 is 1.00 bits per heavy atom. The lowest BCUT2D eigenvalue weighted by atomic mass is 9.64. The van der Waals surface area contributed by atoms with E-state index in [1.54, 1.807) is 6.07 Å². The van der Waals surface area contributed by atoms with Gasteiger partial charge in [-0.05, 0) is 29.3 Å². The average molecular weight is 482 g/mol. The van der Waals surface area contributed by atoms with Crippen molar-refractivity contribution in [1.29, 1.82) is 0 Å².